The molecule has 2 aromatic rings. The minimum absolute atomic E-state index is 0.424. The highest BCUT2D eigenvalue weighted by Crippen LogP contribution is 2.10. The summed E-state index contributed by atoms with van der Waals surface area (Å²) in [6.07, 6.45) is 3.70. The molecule has 0 radical (unpaired) electrons. The van der Waals surface area contributed by atoms with Crippen molar-refractivity contribution in [2.75, 3.05) is 0 Å². The molecular formula is C11H10BrN3S. The van der Waals surface area contributed by atoms with Gasteiger partial charge in [0.2, 0.25) is 0 Å². The van der Waals surface area contributed by atoms with Crippen LogP contribution >= 0.6 is 28.1 Å². The molecule has 0 unspecified atom stereocenters. The molecule has 2 rings (SSSR count). The van der Waals surface area contributed by atoms with Crippen molar-refractivity contribution in [1.82, 2.24) is 9.78 Å². The molecule has 0 fully saturated rings. The van der Waals surface area contributed by atoms with Gasteiger partial charge in [-0.2, -0.15) is 5.10 Å². The third-order valence-electron chi connectivity index (χ3n) is 2.18. The molecule has 5 heteroatoms. The van der Waals surface area contributed by atoms with E-state index in [4.69, 9.17) is 18.0 Å². The van der Waals surface area contributed by atoms with Crippen molar-refractivity contribution in [3.8, 4) is 0 Å². The summed E-state index contributed by atoms with van der Waals surface area (Å²) in [7, 11) is 0. The molecule has 0 saturated carbocycles. The maximum atomic E-state index is 5.53. The second kappa shape index (κ2) is 4.76. The van der Waals surface area contributed by atoms with Crippen LogP contribution in [0.5, 0.6) is 0 Å². The first kappa shape index (κ1) is 11.3. The van der Waals surface area contributed by atoms with Crippen LogP contribution in [0.4, 0.5) is 0 Å². The molecule has 1 aromatic heterocycles. The molecule has 0 aliphatic heterocycles. The SMILES string of the molecule is NC(=S)c1ccc(Cn2cc(Br)cn2)cc1. The highest BCUT2D eigenvalue weighted by atomic mass is 79.9. The van der Waals surface area contributed by atoms with Gasteiger partial charge in [0, 0.05) is 11.8 Å². The maximum absolute atomic E-state index is 5.53. The fraction of sp³-hybridized carbons (Fsp3) is 0.0909. The van der Waals surface area contributed by atoms with Crippen LogP contribution in [0, 0.1) is 0 Å². The lowest BCUT2D eigenvalue weighted by molar-refractivity contribution is 0.686. The first-order chi connectivity index (χ1) is 7.65. The van der Waals surface area contributed by atoms with Gasteiger partial charge in [-0.1, -0.05) is 36.5 Å². The van der Waals surface area contributed by atoms with Crippen LogP contribution in [0.15, 0.2) is 41.1 Å². The lowest BCUT2D eigenvalue weighted by Gasteiger charge is -2.03. The second-order valence-corrected chi connectivity index (χ2v) is 4.77. The molecule has 0 spiro atoms. The Morgan fingerprint density at radius 3 is 2.56 bits per heavy atom. The van der Waals surface area contributed by atoms with Crippen molar-refractivity contribution in [2.24, 2.45) is 5.73 Å². The van der Waals surface area contributed by atoms with E-state index < -0.39 is 0 Å². The van der Waals surface area contributed by atoms with Crippen LogP contribution in [0.1, 0.15) is 11.1 Å². The summed E-state index contributed by atoms with van der Waals surface area (Å²) in [6.45, 7) is 0.739. The third-order valence-corrected chi connectivity index (χ3v) is 2.83. The second-order valence-electron chi connectivity index (χ2n) is 3.42. The lowest BCUT2D eigenvalue weighted by atomic mass is 10.1. The number of nitrogens with zero attached hydrogens (tertiary/aromatic N) is 2. The number of benzene rings is 1. The van der Waals surface area contributed by atoms with E-state index in [1.54, 1.807) is 6.20 Å². The van der Waals surface area contributed by atoms with Gasteiger partial charge in [0.25, 0.3) is 0 Å². The molecule has 0 saturated heterocycles. The Kier molecular flexibility index (Phi) is 3.36. The minimum atomic E-state index is 0.424. The van der Waals surface area contributed by atoms with Crippen molar-refractivity contribution < 1.29 is 0 Å². The molecular weight excluding hydrogens is 286 g/mol. The molecule has 0 atom stereocenters. The predicted octanol–water partition coefficient (Wildman–Crippen LogP) is 2.33. The average Bonchev–Trinajstić information content (AvgIpc) is 2.65. The number of aromatic nitrogens is 2. The van der Waals surface area contributed by atoms with Gasteiger partial charge in [-0.15, -0.1) is 0 Å². The summed E-state index contributed by atoms with van der Waals surface area (Å²) < 4.78 is 2.84. The zero-order chi connectivity index (χ0) is 11.5. The molecule has 82 valence electrons. The van der Waals surface area contributed by atoms with E-state index in [2.05, 4.69) is 21.0 Å². The van der Waals surface area contributed by atoms with Crippen LogP contribution in [-0.4, -0.2) is 14.8 Å². The number of halogens is 1. The highest BCUT2D eigenvalue weighted by molar-refractivity contribution is 9.10. The number of thiocarbonyl (C=S) groups is 1. The Morgan fingerprint density at radius 1 is 1.38 bits per heavy atom. The van der Waals surface area contributed by atoms with Crippen LogP contribution in [0.3, 0.4) is 0 Å². The summed E-state index contributed by atoms with van der Waals surface area (Å²) >= 11 is 8.25. The van der Waals surface area contributed by atoms with Crippen molar-refractivity contribution in [3.63, 3.8) is 0 Å². The Bertz CT molecular complexity index is 504. The summed E-state index contributed by atoms with van der Waals surface area (Å²) in [5, 5.41) is 4.19. The molecule has 1 heterocycles. The van der Waals surface area contributed by atoms with Gasteiger partial charge in [0.1, 0.15) is 4.99 Å². The summed E-state index contributed by atoms with van der Waals surface area (Å²) in [4.78, 5) is 0.424. The van der Waals surface area contributed by atoms with Gasteiger partial charge in [-0.3, -0.25) is 4.68 Å². The third kappa shape index (κ3) is 2.68. The Labute approximate surface area is 107 Å². The Balaban J connectivity index is 2.14. The van der Waals surface area contributed by atoms with E-state index in [1.807, 2.05) is 35.1 Å². The van der Waals surface area contributed by atoms with Crippen molar-refractivity contribution >= 4 is 33.1 Å². The van der Waals surface area contributed by atoms with Crippen LogP contribution < -0.4 is 5.73 Å². The van der Waals surface area contributed by atoms with Crippen molar-refractivity contribution in [3.05, 3.63) is 52.3 Å². The van der Waals surface area contributed by atoms with E-state index in [9.17, 15) is 0 Å². The lowest BCUT2D eigenvalue weighted by Crippen LogP contribution is -2.09. The summed E-state index contributed by atoms with van der Waals surface area (Å²) in [5.41, 5.74) is 7.58. The normalized spacial score (nSPS) is 10.3. The van der Waals surface area contributed by atoms with E-state index in [0.29, 0.717) is 4.99 Å². The first-order valence-corrected chi connectivity index (χ1v) is 5.92. The minimum Gasteiger partial charge on any atom is -0.389 e. The quantitative estimate of drug-likeness (QED) is 0.884. The molecule has 0 aliphatic rings. The zero-order valence-corrected chi connectivity index (χ0v) is 10.8. The van der Waals surface area contributed by atoms with E-state index in [1.165, 1.54) is 0 Å². The molecule has 2 N–H and O–H groups in total. The molecule has 0 aliphatic carbocycles. The van der Waals surface area contributed by atoms with Crippen molar-refractivity contribution in [1.29, 1.82) is 0 Å². The average molecular weight is 296 g/mol. The van der Waals surface area contributed by atoms with E-state index in [0.717, 1.165) is 22.1 Å². The summed E-state index contributed by atoms with van der Waals surface area (Å²) in [6, 6.07) is 7.86. The smallest absolute Gasteiger partial charge is 0.103 e. The van der Waals surface area contributed by atoms with Gasteiger partial charge in [0.15, 0.2) is 0 Å². The fourth-order valence-electron chi connectivity index (χ4n) is 1.39. The maximum Gasteiger partial charge on any atom is 0.103 e. The van der Waals surface area contributed by atoms with Crippen LogP contribution in [0.2, 0.25) is 0 Å². The van der Waals surface area contributed by atoms with Crippen molar-refractivity contribution in [2.45, 2.75) is 6.54 Å². The number of hydrogen-bond acceptors (Lipinski definition) is 2. The Hall–Kier alpha value is -1.20. The molecule has 0 bridgehead atoms. The topological polar surface area (TPSA) is 43.8 Å². The first-order valence-electron chi connectivity index (χ1n) is 4.72. The molecule has 3 nitrogen and oxygen atoms in total. The van der Waals surface area contributed by atoms with Gasteiger partial charge in [-0.25, -0.2) is 0 Å². The monoisotopic (exact) mass is 295 g/mol. The van der Waals surface area contributed by atoms with Gasteiger partial charge in [-0.05, 0) is 21.5 Å². The van der Waals surface area contributed by atoms with Crippen LogP contribution in [-0.2, 0) is 6.54 Å². The summed E-state index contributed by atoms with van der Waals surface area (Å²) in [5.74, 6) is 0. The fourth-order valence-corrected chi connectivity index (χ4v) is 1.85. The number of nitrogens with two attached hydrogens (primary N) is 1. The van der Waals surface area contributed by atoms with Gasteiger partial charge < -0.3 is 5.73 Å². The number of rotatable bonds is 3. The van der Waals surface area contributed by atoms with E-state index >= 15 is 0 Å². The van der Waals surface area contributed by atoms with Crippen LogP contribution in [0.25, 0.3) is 0 Å². The highest BCUT2D eigenvalue weighted by Gasteiger charge is 1.99. The molecule has 0 amide bonds. The predicted molar refractivity (Wildman–Crippen MR) is 71.4 cm³/mol. The standard InChI is InChI=1S/C11H10BrN3S/c12-10-5-14-15(7-10)6-8-1-3-9(4-2-8)11(13)16/h1-5,7H,6H2,(H2,13,16). The Morgan fingerprint density at radius 2 is 2.06 bits per heavy atom. The van der Waals surface area contributed by atoms with Gasteiger partial charge in [0.05, 0.1) is 17.2 Å². The number of hydrogen-bond donors (Lipinski definition) is 1. The largest absolute Gasteiger partial charge is 0.389 e. The van der Waals surface area contributed by atoms with Gasteiger partial charge >= 0.3 is 0 Å². The zero-order valence-electron chi connectivity index (χ0n) is 8.43. The molecule has 1 aromatic carbocycles. The van der Waals surface area contributed by atoms with E-state index in [-0.39, 0.29) is 0 Å². The molecule has 16 heavy (non-hydrogen) atoms.